The molecule has 1 fully saturated rings. The van der Waals surface area contributed by atoms with Gasteiger partial charge in [-0.15, -0.1) is 0 Å². The molecular formula is C11H19N3O6. The third-order valence-corrected chi connectivity index (χ3v) is 3.03. The highest BCUT2D eigenvalue weighted by atomic mass is 16.5. The minimum Gasteiger partial charge on any atom is -0.480 e. The maximum absolute atomic E-state index is 12.2. The average molecular weight is 289 g/mol. The fraction of sp³-hybridized carbons (Fsp3) is 0.727. The third-order valence-electron chi connectivity index (χ3n) is 3.03. The summed E-state index contributed by atoms with van der Waals surface area (Å²) in [6, 6.07) is -0.576. The van der Waals surface area contributed by atoms with Crippen LogP contribution < -0.4 is 5.73 Å². The zero-order valence-electron chi connectivity index (χ0n) is 11.4. The molecule has 0 spiro atoms. The molecule has 9 nitrogen and oxygen atoms in total. The number of rotatable bonds is 6. The lowest BCUT2D eigenvalue weighted by Gasteiger charge is -2.25. The Balaban J connectivity index is 2.74. The minimum atomic E-state index is -1.22. The maximum Gasteiger partial charge on any atom is 0.323 e. The first-order valence-electron chi connectivity index (χ1n) is 5.98. The Bertz CT molecular complexity index is 360. The monoisotopic (exact) mass is 289 g/mol. The van der Waals surface area contributed by atoms with Crippen LogP contribution in [0.5, 0.6) is 0 Å². The molecule has 1 heterocycles. The molecule has 9 heteroatoms. The van der Waals surface area contributed by atoms with Gasteiger partial charge in [-0.3, -0.25) is 9.59 Å². The molecular weight excluding hydrogens is 270 g/mol. The van der Waals surface area contributed by atoms with E-state index in [1.165, 1.54) is 19.1 Å². The predicted octanol–water partition coefficient (Wildman–Crippen LogP) is -1.68. The Morgan fingerprint density at radius 2 is 1.70 bits per heavy atom. The van der Waals surface area contributed by atoms with Gasteiger partial charge < -0.3 is 30.1 Å². The van der Waals surface area contributed by atoms with Gasteiger partial charge in [0.25, 0.3) is 0 Å². The van der Waals surface area contributed by atoms with Crippen LogP contribution in [0.1, 0.15) is 0 Å². The highest BCUT2D eigenvalue weighted by Crippen LogP contribution is 2.17. The molecule has 0 radical (unpaired) electrons. The quantitative estimate of drug-likeness (QED) is 0.602. The van der Waals surface area contributed by atoms with Crippen LogP contribution in [-0.2, 0) is 19.1 Å². The average Bonchev–Trinajstić information content (AvgIpc) is 2.79. The molecule has 3 amide bonds. The molecule has 1 rings (SSSR count). The molecule has 0 bridgehead atoms. The SMILES string of the molecule is COC1CN(C(=O)N(CC(N)=O)CC(=O)O)CC1OC. The van der Waals surface area contributed by atoms with E-state index in [1.54, 1.807) is 0 Å². The standard InChI is InChI=1S/C11H19N3O6/c1-19-7-3-13(4-8(7)20-2)11(18)14(5-9(12)15)6-10(16)17/h7-8H,3-6H2,1-2H3,(H2,12,15)(H,16,17). The number of carboxylic acids is 1. The molecule has 1 aliphatic heterocycles. The van der Waals surface area contributed by atoms with E-state index in [-0.39, 0.29) is 25.3 Å². The summed E-state index contributed by atoms with van der Waals surface area (Å²) in [4.78, 5) is 36.1. The summed E-state index contributed by atoms with van der Waals surface area (Å²) in [5.74, 6) is -1.99. The maximum atomic E-state index is 12.2. The van der Waals surface area contributed by atoms with Gasteiger partial charge >= 0.3 is 12.0 Å². The summed E-state index contributed by atoms with van der Waals surface area (Å²) in [6.07, 6.45) is -0.576. The van der Waals surface area contributed by atoms with Crippen molar-refractivity contribution in [1.82, 2.24) is 9.80 Å². The first-order chi connectivity index (χ1) is 9.38. The summed E-state index contributed by atoms with van der Waals surface area (Å²) in [6.45, 7) is -0.504. The molecule has 0 aromatic rings. The zero-order chi connectivity index (χ0) is 15.3. The van der Waals surface area contributed by atoms with Gasteiger partial charge in [-0.25, -0.2) is 4.79 Å². The lowest BCUT2D eigenvalue weighted by molar-refractivity contribution is -0.138. The van der Waals surface area contributed by atoms with Crippen molar-refractivity contribution in [3.63, 3.8) is 0 Å². The van der Waals surface area contributed by atoms with E-state index >= 15 is 0 Å². The second kappa shape index (κ2) is 7.06. The highest BCUT2D eigenvalue weighted by Gasteiger charge is 2.37. The van der Waals surface area contributed by atoms with Crippen molar-refractivity contribution < 1.29 is 29.0 Å². The predicted molar refractivity (Wildman–Crippen MR) is 67.0 cm³/mol. The topological polar surface area (TPSA) is 122 Å². The van der Waals surface area contributed by atoms with Crippen molar-refractivity contribution >= 4 is 17.9 Å². The van der Waals surface area contributed by atoms with Crippen molar-refractivity contribution in [2.24, 2.45) is 5.73 Å². The van der Waals surface area contributed by atoms with Gasteiger partial charge in [0.15, 0.2) is 0 Å². The Morgan fingerprint density at radius 1 is 1.20 bits per heavy atom. The van der Waals surface area contributed by atoms with Gasteiger partial charge in [-0.05, 0) is 0 Å². The van der Waals surface area contributed by atoms with E-state index in [0.717, 1.165) is 4.90 Å². The Kier molecular flexibility index (Phi) is 5.71. The lowest BCUT2D eigenvalue weighted by atomic mass is 10.3. The van der Waals surface area contributed by atoms with Crippen LogP contribution in [0.2, 0.25) is 0 Å². The number of nitrogens with zero attached hydrogens (tertiary/aromatic N) is 2. The number of likely N-dealkylation sites (tertiary alicyclic amines) is 1. The van der Waals surface area contributed by atoms with Gasteiger partial charge in [0, 0.05) is 14.2 Å². The molecule has 2 unspecified atom stereocenters. The molecule has 0 aromatic heterocycles. The molecule has 0 saturated carbocycles. The number of hydrogen-bond donors (Lipinski definition) is 2. The van der Waals surface area contributed by atoms with E-state index in [4.69, 9.17) is 20.3 Å². The number of carbonyl (C=O) groups excluding carboxylic acids is 2. The molecule has 2 atom stereocenters. The number of methoxy groups -OCH3 is 2. The summed E-state index contributed by atoms with van der Waals surface area (Å²) < 4.78 is 10.4. The van der Waals surface area contributed by atoms with Crippen molar-refractivity contribution in [2.75, 3.05) is 40.4 Å². The van der Waals surface area contributed by atoms with Crippen LogP contribution in [0.25, 0.3) is 0 Å². The van der Waals surface area contributed by atoms with Gasteiger partial charge in [0.2, 0.25) is 5.91 Å². The fourth-order valence-electron chi connectivity index (χ4n) is 2.10. The Labute approximate surface area is 116 Å². The normalized spacial score (nSPS) is 21.8. The second-order valence-electron chi connectivity index (χ2n) is 4.45. The molecule has 0 aromatic carbocycles. The van der Waals surface area contributed by atoms with Gasteiger partial charge in [0.05, 0.1) is 13.1 Å². The van der Waals surface area contributed by atoms with E-state index < -0.39 is 31.0 Å². The highest BCUT2D eigenvalue weighted by molar-refractivity contribution is 5.86. The third kappa shape index (κ3) is 4.07. The summed E-state index contributed by atoms with van der Waals surface area (Å²) in [7, 11) is 3.01. The van der Waals surface area contributed by atoms with Gasteiger partial charge in [-0.1, -0.05) is 0 Å². The summed E-state index contributed by atoms with van der Waals surface area (Å²) in [5.41, 5.74) is 5.02. The second-order valence-corrected chi connectivity index (χ2v) is 4.45. The number of nitrogens with two attached hydrogens (primary N) is 1. The van der Waals surface area contributed by atoms with Crippen LogP contribution in [0.3, 0.4) is 0 Å². The van der Waals surface area contributed by atoms with Crippen molar-refractivity contribution in [1.29, 1.82) is 0 Å². The van der Waals surface area contributed by atoms with Crippen LogP contribution in [0, 0.1) is 0 Å². The fourth-order valence-corrected chi connectivity index (χ4v) is 2.10. The van der Waals surface area contributed by atoms with Crippen LogP contribution >= 0.6 is 0 Å². The van der Waals surface area contributed by atoms with Crippen LogP contribution in [0.4, 0.5) is 4.79 Å². The number of carbonyl (C=O) groups is 3. The van der Waals surface area contributed by atoms with E-state index in [2.05, 4.69) is 0 Å². The molecule has 114 valence electrons. The van der Waals surface area contributed by atoms with Gasteiger partial charge in [-0.2, -0.15) is 0 Å². The van der Waals surface area contributed by atoms with Crippen molar-refractivity contribution in [3.05, 3.63) is 0 Å². The number of aliphatic carboxylic acids is 1. The van der Waals surface area contributed by atoms with Crippen LogP contribution in [0.15, 0.2) is 0 Å². The number of amides is 3. The Morgan fingerprint density at radius 3 is 2.05 bits per heavy atom. The van der Waals surface area contributed by atoms with E-state index in [0.29, 0.717) is 0 Å². The summed E-state index contributed by atoms with van der Waals surface area (Å²) >= 11 is 0. The smallest absolute Gasteiger partial charge is 0.323 e. The molecule has 1 aliphatic rings. The molecule has 3 N–H and O–H groups in total. The number of ether oxygens (including phenoxy) is 2. The molecule has 20 heavy (non-hydrogen) atoms. The van der Waals surface area contributed by atoms with Crippen molar-refractivity contribution in [2.45, 2.75) is 12.2 Å². The van der Waals surface area contributed by atoms with E-state index in [1.807, 2.05) is 0 Å². The minimum absolute atomic E-state index is 0.267. The number of primary amides is 1. The molecule has 1 saturated heterocycles. The van der Waals surface area contributed by atoms with Crippen molar-refractivity contribution in [3.8, 4) is 0 Å². The largest absolute Gasteiger partial charge is 0.480 e. The first kappa shape index (κ1) is 16.2. The van der Waals surface area contributed by atoms with Gasteiger partial charge in [0.1, 0.15) is 25.3 Å². The zero-order valence-corrected chi connectivity index (χ0v) is 11.4. The van der Waals surface area contributed by atoms with E-state index in [9.17, 15) is 14.4 Å². The molecule has 0 aliphatic carbocycles. The lowest BCUT2D eigenvalue weighted by Crippen LogP contribution is -2.48. The number of urea groups is 1. The number of hydrogen-bond acceptors (Lipinski definition) is 5. The first-order valence-corrected chi connectivity index (χ1v) is 5.98. The summed E-state index contributed by atoms with van der Waals surface area (Å²) in [5, 5.41) is 8.77. The van der Waals surface area contributed by atoms with Crippen LogP contribution in [-0.4, -0.2) is 85.4 Å². The Hall–Kier alpha value is -1.87. The number of carboxylic acid groups (broad SMARTS) is 1.